The van der Waals surface area contributed by atoms with Gasteiger partial charge in [0.15, 0.2) is 0 Å². The normalized spacial score (nSPS) is 12.6. The van der Waals surface area contributed by atoms with Crippen LogP contribution in [0, 0.1) is 0 Å². The number of benzene rings is 12. The van der Waals surface area contributed by atoms with E-state index in [9.17, 15) is 0 Å². The smallest absolute Gasteiger partial charge is 0.143 e. The van der Waals surface area contributed by atoms with Crippen molar-refractivity contribution in [2.75, 3.05) is 4.90 Å². The summed E-state index contributed by atoms with van der Waals surface area (Å²) in [6.07, 6.45) is 0. The summed E-state index contributed by atoms with van der Waals surface area (Å²) in [7, 11) is 0. The van der Waals surface area contributed by atoms with Gasteiger partial charge in [0.1, 0.15) is 22.3 Å². The van der Waals surface area contributed by atoms with Crippen molar-refractivity contribution in [3.05, 3.63) is 307 Å². The minimum absolute atomic E-state index is 0.500. The molecule has 0 radical (unpaired) electrons. The molecule has 2 aromatic heterocycles. The van der Waals surface area contributed by atoms with Gasteiger partial charge >= 0.3 is 0 Å². The van der Waals surface area contributed by atoms with Gasteiger partial charge in [0.05, 0.1) is 5.41 Å². The van der Waals surface area contributed by atoms with Crippen molar-refractivity contribution in [1.29, 1.82) is 0 Å². The van der Waals surface area contributed by atoms with Crippen molar-refractivity contribution in [1.82, 2.24) is 0 Å². The third-order valence-corrected chi connectivity index (χ3v) is 15.8. The Morgan fingerprint density at radius 2 is 0.566 bits per heavy atom. The standard InChI is InChI=1S/C73H47NO2/c1-5-19-48(20-6-1)57-28-15-32-62-64-34-17-30-59(71(64)75-69(57)62)50-37-41-54(42-38-50)74(55-43-39-51(40-44-55)60-31-18-35-65-63-33-16-29-58(70(63)76-72(60)65)49-21-7-2-8-22-49)56-45-46-68-66(47-56)61-27-13-14-36-67(61)73(68,52-23-9-3-10-24-52)53-25-11-4-12-26-53/h1-47H. The highest BCUT2D eigenvalue weighted by molar-refractivity contribution is 6.14. The Kier molecular flexibility index (Phi) is 10.1. The molecule has 0 amide bonds. The Hall–Kier alpha value is -9.96. The van der Waals surface area contributed by atoms with Crippen molar-refractivity contribution < 1.29 is 8.83 Å². The van der Waals surface area contributed by atoms with Gasteiger partial charge in [-0.15, -0.1) is 0 Å². The predicted octanol–water partition coefficient (Wildman–Crippen LogP) is 20.0. The maximum atomic E-state index is 6.89. The SMILES string of the molecule is c1ccc(-c2cccc3c2oc2c(-c4ccc(N(c5ccc(-c6cccc7c6oc6c(-c8ccccc8)cccc67)cc5)c5ccc6c(c5)-c5ccccc5C6(c5ccccc5)c5ccccc5)cc4)cccc23)cc1. The molecule has 15 rings (SSSR count). The molecule has 3 nitrogen and oxygen atoms in total. The van der Waals surface area contributed by atoms with Crippen LogP contribution < -0.4 is 4.90 Å². The zero-order valence-electron chi connectivity index (χ0n) is 41.4. The molecule has 0 spiro atoms. The second-order valence-electron chi connectivity index (χ2n) is 19.9. The van der Waals surface area contributed by atoms with Gasteiger partial charge in [-0.25, -0.2) is 0 Å². The zero-order chi connectivity index (χ0) is 50.2. The number of rotatable bonds is 9. The van der Waals surface area contributed by atoms with Gasteiger partial charge in [0.25, 0.3) is 0 Å². The highest BCUT2D eigenvalue weighted by Gasteiger charge is 2.46. The molecule has 3 heteroatoms. The summed E-state index contributed by atoms with van der Waals surface area (Å²) in [5.74, 6) is 0. The van der Waals surface area contributed by atoms with E-state index in [-0.39, 0.29) is 0 Å². The molecule has 0 atom stereocenters. The van der Waals surface area contributed by atoms with Crippen molar-refractivity contribution >= 4 is 60.9 Å². The summed E-state index contributed by atoms with van der Waals surface area (Å²) in [5, 5.41) is 4.43. The van der Waals surface area contributed by atoms with Crippen LogP contribution in [0.4, 0.5) is 17.1 Å². The zero-order valence-corrected chi connectivity index (χ0v) is 41.4. The molecule has 1 aliphatic carbocycles. The fraction of sp³-hybridized carbons (Fsp3) is 0.0137. The van der Waals surface area contributed by atoms with Gasteiger partial charge < -0.3 is 13.7 Å². The number of para-hydroxylation sites is 4. The number of nitrogens with zero attached hydrogens (tertiary/aromatic N) is 1. The molecule has 14 aromatic rings. The van der Waals surface area contributed by atoms with Gasteiger partial charge in [-0.05, 0) is 92.0 Å². The van der Waals surface area contributed by atoms with Crippen LogP contribution in [-0.4, -0.2) is 0 Å². The van der Waals surface area contributed by atoms with Crippen LogP contribution in [0.5, 0.6) is 0 Å². The van der Waals surface area contributed by atoms with E-state index in [1.54, 1.807) is 0 Å². The van der Waals surface area contributed by atoms with E-state index < -0.39 is 5.41 Å². The first-order valence-corrected chi connectivity index (χ1v) is 26.1. The lowest BCUT2D eigenvalue weighted by atomic mass is 9.68. The lowest BCUT2D eigenvalue weighted by molar-refractivity contribution is 0.670. The molecule has 1 aliphatic rings. The first-order valence-electron chi connectivity index (χ1n) is 26.1. The molecule has 0 N–H and O–H groups in total. The van der Waals surface area contributed by atoms with Gasteiger partial charge in [0.2, 0.25) is 0 Å². The summed E-state index contributed by atoms with van der Waals surface area (Å²) >= 11 is 0. The molecule has 0 fully saturated rings. The number of hydrogen-bond acceptors (Lipinski definition) is 3. The molecule has 0 saturated heterocycles. The molecule has 0 unspecified atom stereocenters. The molecule has 0 bridgehead atoms. The van der Waals surface area contributed by atoms with Crippen LogP contribution in [-0.2, 0) is 5.41 Å². The number of furan rings is 2. The lowest BCUT2D eigenvalue weighted by Gasteiger charge is -2.34. The highest BCUT2D eigenvalue weighted by Crippen LogP contribution is 2.57. The third kappa shape index (κ3) is 6.76. The molecule has 76 heavy (non-hydrogen) atoms. The largest absolute Gasteiger partial charge is 0.455 e. The van der Waals surface area contributed by atoms with Crippen LogP contribution in [0.15, 0.2) is 294 Å². The van der Waals surface area contributed by atoms with Crippen LogP contribution in [0.3, 0.4) is 0 Å². The lowest BCUT2D eigenvalue weighted by Crippen LogP contribution is -2.28. The maximum absolute atomic E-state index is 6.89. The van der Waals surface area contributed by atoms with Gasteiger partial charge in [-0.2, -0.15) is 0 Å². The van der Waals surface area contributed by atoms with E-state index in [4.69, 9.17) is 8.83 Å². The van der Waals surface area contributed by atoms with Gasteiger partial charge in [0, 0.05) is 60.9 Å². The first kappa shape index (κ1) is 43.6. The van der Waals surface area contributed by atoms with E-state index in [0.717, 1.165) is 105 Å². The monoisotopic (exact) mass is 969 g/mol. The van der Waals surface area contributed by atoms with E-state index in [1.165, 1.54) is 33.4 Å². The minimum Gasteiger partial charge on any atom is -0.455 e. The Labute approximate surface area is 440 Å². The van der Waals surface area contributed by atoms with E-state index in [1.807, 2.05) is 0 Å². The summed E-state index contributed by atoms with van der Waals surface area (Å²) in [6, 6.07) is 103. The molecule has 0 saturated carbocycles. The average Bonchev–Trinajstić information content (AvgIpc) is 4.22. The molecular weight excluding hydrogens is 923 g/mol. The van der Waals surface area contributed by atoms with Crippen LogP contribution in [0.1, 0.15) is 22.3 Å². The summed E-state index contributed by atoms with van der Waals surface area (Å²) in [4.78, 5) is 2.39. The van der Waals surface area contributed by atoms with Crippen molar-refractivity contribution in [3.8, 4) is 55.6 Å². The predicted molar refractivity (Wildman–Crippen MR) is 315 cm³/mol. The van der Waals surface area contributed by atoms with E-state index in [0.29, 0.717) is 0 Å². The Morgan fingerprint density at radius 1 is 0.237 bits per heavy atom. The molecular formula is C73H47NO2. The van der Waals surface area contributed by atoms with Gasteiger partial charge in [-0.3, -0.25) is 0 Å². The van der Waals surface area contributed by atoms with Crippen LogP contribution in [0.2, 0.25) is 0 Å². The number of fused-ring (bicyclic) bond motifs is 9. The minimum atomic E-state index is -0.500. The van der Waals surface area contributed by atoms with Crippen molar-refractivity contribution in [2.24, 2.45) is 0 Å². The quantitative estimate of drug-likeness (QED) is 0.144. The molecule has 356 valence electrons. The maximum Gasteiger partial charge on any atom is 0.143 e. The summed E-state index contributed by atoms with van der Waals surface area (Å²) < 4.78 is 13.8. The Bertz CT molecular complexity index is 4240. The van der Waals surface area contributed by atoms with Crippen LogP contribution >= 0.6 is 0 Å². The van der Waals surface area contributed by atoms with Crippen LogP contribution in [0.25, 0.3) is 99.5 Å². The van der Waals surface area contributed by atoms with E-state index in [2.05, 4.69) is 290 Å². The Balaban J connectivity index is 0.882. The van der Waals surface area contributed by atoms with Crippen molar-refractivity contribution in [3.63, 3.8) is 0 Å². The second-order valence-corrected chi connectivity index (χ2v) is 19.9. The number of anilines is 3. The third-order valence-electron chi connectivity index (χ3n) is 15.8. The Morgan fingerprint density at radius 3 is 0.987 bits per heavy atom. The summed E-state index contributed by atoms with van der Waals surface area (Å²) in [6.45, 7) is 0. The fourth-order valence-electron chi connectivity index (χ4n) is 12.4. The topological polar surface area (TPSA) is 29.5 Å². The fourth-order valence-corrected chi connectivity index (χ4v) is 12.4. The van der Waals surface area contributed by atoms with Crippen molar-refractivity contribution in [2.45, 2.75) is 5.41 Å². The molecule has 0 aliphatic heterocycles. The van der Waals surface area contributed by atoms with Gasteiger partial charge in [-0.1, -0.05) is 249 Å². The highest BCUT2D eigenvalue weighted by atomic mass is 16.3. The second kappa shape index (κ2) is 17.6. The number of hydrogen-bond donors (Lipinski definition) is 0. The van der Waals surface area contributed by atoms with E-state index >= 15 is 0 Å². The molecule has 2 heterocycles. The summed E-state index contributed by atoms with van der Waals surface area (Å²) in [5.41, 5.74) is 22.4. The first-order chi connectivity index (χ1) is 37.7. The average molecular weight is 970 g/mol. The molecule has 12 aromatic carbocycles.